The third-order valence-electron chi connectivity index (χ3n) is 2.98. The second kappa shape index (κ2) is 7.82. The first kappa shape index (κ1) is 16.3. The Morgan fingerprint density at radius 3 is 2.95 bits per heavy atom. The van der Waals surface area contributed by atoms with E-state index >= 15 is 0 Å². The van der Waals surface area contributed by atoms with Gasteiger partial charge in [-0.15, -0.1) is 0 Å². The molecule has 0 aromatic heterocycles. The predicted octanol–water partition coefficient (Wildman–Crippen LogP) is 2.27. The summed E-state index contributed by atoms with van der Waals surface area (Å²) in [5, 5.41) is 6.05. The molecule has 2 N–H and O–H groups in total. The number of rotatable bonds is 4. The molecule has 1 unspecified atom stereocenters. The van der Waals surface area contributed by atoms with Gasteiger partial charge in [-0.2, -0.15) is 11.8 Å². The van der Waals surface area contributed by atoms with Crippen LogP contribution in [-0.4, -0.2) is 42.6 Å². The molecule has 114 valence electrons. The summed E-state index contributed by atoms with van der Waals surface area (Å²) in [6.07, 6.45) is 0. The molecule has 0 aliphatic carbocycles. The van der Waals surface area contributed by atoms with E-state index in [9.17, 15) is 9.59 Å². The van der Waals surface area contributed by atoms with Gasteiger partial charge in [0.15, 0.2) is 0 Å². The predicted molar refractivity (Wildman–Crippen MR) is 87.8 cm³/mol. The van der Waals surface area contributed by atoms with Gasteiger partial charge in [-0.1, -0.05) is 0 Å². The summed E-state index contributed by atoms with van der Waals surface area (Å²) in [5.41, 5.74) is 1.10. The zero-order valence-electron chi connectivity index (χ0n) is 11.6. The van der Waals surface area contributed by atoms with Crippen molar-refractivity contribution in [3.05, 3.63) is 28.2 Å². The first-order valence-electron chi connectivity index (χ1n) is 6.70. The van der Waals surface area contributed by atoms with Gasteiger partial charge in [-0.3, -0.25) is 4.79 Å². The summed E-state index contributed by atoms with van der Waals surface area (Å²) >= 11 is 5.13. The fourth-order valence-electron chi connectivity index (χ4n) is 1.91. The van der Waals surface area contributed by atoms with Gasteiger partial charge >= 0.3 is 5.97 Å². The lowest BCUT2D eigenvalue weighted by atomic mass is 10.2. The first-order valence-corrected chi connectivity index (χ1v) is 8.65. The second-order valence-electron chi connectivity index (χ2n) is 4.49. The van der Waals surface area contributed by atoms with Crippen LogP contribution in [0.15, 0.2) is 22.7 Å². The van der Waals surface area contributed by atoms with Crippen LogP contribution in [0.3, 0.4) is 0 Å². The highest BCUT2D eigenvalue weighted by Crippen LogP contribution is 2.24. The highest BCUT2D eigenvalue weighted by molar-refractivity contribution is 9.10. The molecule has 5 nitrogen and oxygen atoms in total. The molecule has 1 saturated heterocycles. The molecule has 7 heteroatoms. The monoisotopic (exact) mass is 372 g/mol. The summed E-state index contributed by atoms with van der Waals surface area (Å²) in [5.74, 6) is 1.36. The third-order valence-corrected chi connectivity index (χ3v) is 4.69. The van der Waals surface area contributed by atoms with Crippen LogP contribution in [-0.2, 0) is 9.53 Å². The van der Waals surface area contributed by atoms with Crippen molar-refractivity contribution in [2.75, 3.05) is 30.0 Å². The molecule has 0 bridgehead atoms. The molecule has 1 fully saturated rings. The van der Waals surface area contributed by atoms with Crippen LogP contribution in [0.1, 0.15) is 17.3 Å². The van der Waals surface area contributed by atoms with Crippen molar-refractivity contribution in [2.45, 2.75) is 13.0 Å². The van der Waals surface area contributed by atoms with E-state index in [1.165, 1.54) is 0 Å². The van der Waals surface area contributed by atoms with Crippen molar-refractivity contribution in [3.8, 4) is 0 Å². The molecule has 1 aliphatic heterocycles. The molecule has 1 aromatic rings. The SMILES string of the molecule is CCOC(=O)c1ccc(NC(=O)C2CSCCN2)c(Br)c1. The van der Waals surface area contributed by atoms with Gasteiger partial charge in [0.05, 0.1) is 23.9 Å². The van der Waals surface area contributed by atoms with E-state index in [0.717, 1.165) is 18.1 Å². The van der Waals surface area contributed by atoms with Crippen LogP contribution < -0.4 is 10.6 Å². The van der Waals surface area contributed by atoms with Crippen molar-refractivity contribution in [3.63, 3.8) is 0 Å². The van der Waals surface area contributed by atoms with E-state index in [-0.39, 0.29) is 17.9 Å². The number of esters is 1. The highest BCUT2D eigenvalue weighted by Gasteiger charge is 2.21. The smallest absolute Gasteiger partial charge is 0.338 e. The molecule has 0 saturated carbocycles. The Morgan fingerprint density at radius 1 is 1.52 bits per heavy atom. The van der Waals surface area contributed by atoms with Gasteiger partial charge in [0, 0.05) is 22.5 Å². The zero-order chi connectivity index (χ0) is 15.2. The summed E-state index contributed by atoms with van der Waals surface area (Å²) < 4.78 is 5.60. The van der Waals surface area contributed by atoms with Crippen molar-refractivity contribution < 1.29 is 14.3 Å². The first-order chi connectivity index (χ1) is 10.1. The molecule has 0 spiro atoms. The molecular weight excluding hydrogens is 356 g/mol. The standard InChI is InChI=1S/C14H17BrN2O3S/c1-2-20-14(19)9-3-4-11(10(15)7-9)17-13(18)12-8-21-6-5-16-12/h3-4,7,12,16H,2,5-6,8H2,1H3,(H,17,18). The van der Waals surface area contributed by atoms with Gasteiger partial charge in [0.2, 0.25) is 5.91 Å². The summed E-state index contributed by atoms with van der Waals surface area (Å²) in [4.78, 5) is 23.8. The number of thioether (sulfide) groups is 1. The number of carbonyl (C=O) groups is 2. The van der Waals surface area contributed by atoms with E-state index < -0.39 is 0 Å². The lowest BCUT2D eigenvalue weighted by molar-refractivity contribution is -0.117. The Hall–Kier alpha value is -1.05. The van der Waals surface area contributed by atoms with Crippen LogP contribution in [0.25, 0.3) is 0 Å². The minimum absolute atomic E-state index is 0.0632. The average Bonchev–Trinajstić information content (AvgIpc) is 2.50. The van der Waals surface area contributed by atoms with Crippen molar-refractivity contribution in [2.24, 2.45) is 0 Å². The van der Waals surface area contributed by atoms with Gasteiger partial charge in [-0.05, 0) is 41.1 Å². The maximum Gasteiger partial charge on any atom is 0.338 e. The Bertz CT molecular complexity index is 533. The Morgan fingerprint density at radius 2 is 2.33 bits per heavy atom. The lowest BCUT2D eigenvalue weighted by Crippen LogP contribution is -2.46. The van der Waals surface area contributed by atoms with Crippen molar-refractivity contribution >= 4 is 45.3 Å². The van der Waals surface area contributed by atoms with Gasteiger partial charge in [-0.25, -0.2) is 4.79 Å². The molecule has 2 rings (SSSR count). The van der Waals surface area contributed by atoms with Gasteiger partial charge in [0.25, 0.3) is 0 Å². The quantitative estimate of drug-likeness (QED) is 0.793. The molecule has 0 radical (unpaired) electrons. The van der Waals surface area contributed by atoms with Gasteiger partial charge in [0.1, 0.15) is 0 Å². The number of carbonyl (C=O) groups excluding carboxylic acids is 2. The molecule has 21 heavy (non-hydrogen) atoms. The highest BCUT2D eigenvalue weighted by atomic mass is 79.9. The number of hydrogen-bond acceptors (Lipinski definition) is 5. The van der Waals surface area contributed by atoms with Crippen LogP contribution in [0.4, 0.5) is 5.69 Å². The zero-order valence-corrected chi connectivity index (χ0v) is 14.1. The molecule has 1 heterocycles. The molecule has 1 atom stereocenters. The van der Waals surface area contributed by atoms with E-state index in [2.05, 4.69) is 26.6 Å². The van der Waals surface area contributed by atoms with Crippen LogP contribution in [0.5, 0.6) is 0 Å². The van der Waals surface area contributed by atoms with Crippen LogP contribution in [0.2, 0.25) is 0 Å². The number of halogens is 1. The maximum atomic E-state index is 12.1. The van der Waals surface area contributed by atoms with Gasteiger partial charge < -0.3 is 15.4 Å². The summed E-state index contributed by atoms with van der Waals surface area (Å²) in [6.45, 7) is 2.93. The van der Waals surface area contributed by atoms with E-state index in [0.29, 0.717) is 22.3 Å². The molecule has 1 aromatic carbocycles. The minimum Gasteiger partial charge on any atom is -0.462 e. The molecular formula is C14H17BrN2O3S. The summed E-state index contributed by atoms with van der Waals surface area (Å²) in [6, 6.07) is 4.81. The second-order valence-corrected chi connectivity index (χ2v) is 6.49. The number of benzene rings is 1. The normalized spacial score (nSPS) is 18.1. The lowest BCUT2D eigenvalue weighted by Gasteiger charge is -2.22. The average molecular weight is 373 g/mol. The number of anilines is 1. The Kier molecular flexibility index (Phi) is 6.08. The largest absolute Gasteiger partial charge is 0.462 e. The fraction of sp³-hybridized carbons (Fsp3) is 0.429. The Balaban J connectivity index is 2.03. The molecule has 1 amide bonds. The van der Waals surface area contributed by atoms with Crippen molar-refractivity contribution in [1.82, 2.24) is 5.32 Å². The van der Waals surface area contributed by atoms with Crippen LogP contribution in [0, 0.1) is 0 Å². The topological polar surface area (TPSA) is 67.4 Å². The number of nitrogens with one attached hydrogen (secondary N) is 2. The van der Waals surface area contributed by atoms with Crippen LogP contribution >= 0.6 is 27.7 Å². The maximum absolute atomic E-state index is 12.1. The van der Waals surface area contributed by atoms with Crippen molar-refractivity contribution in [1.29, 1.82) is 0 Å². The van der Waals surface area contributed by atoms with E-state index in [4.69, 9.17) is 4.74 Å². The third kappa shape index (κ3) is 4.46. The summed E-state index contributed by atoms with van der Waals surface area (Å²) in [7, 11) is 0. The number of amides is 1. The van der Waals surface area contributed by atoms with E-state index in [1.807, 2.05) is 0 Å². The number of hydrogen-bond donors (Lipinski definition) is 2. The number of ether oxygens (including phenoxy) is 1. The minimum atomic E-state index is -0.374. The Labute approximate surface area is 136 Å². The fourth-order valence-corrected chi connectivity index (χ4v) is 3.32. The molecule has 1 aliphatic rings. The van der Waals surface area contributed by atoms with E-state index in [1.54, 1.807) is 36.9 Å².